The van der Waals surface area contributed by atoms with E-state index >= 15 is 0 Å². The van der Waals surface area contributed by atoms with Crippen LogP contribution in [0.15, 0.2) is 63.9 Å². The molecular weight excluding hydrogens is 445 g/mol. The van der Waals surface area contributed by atoms with Crippen LogP contribution in [-0.2, 0) is 11.3 Å². The number of furan rings is 1. The van der Waals surface area contributed by atoms with Crippen molar-refractivity contribution < 1.29 is 28.3 Å². The minimum Gasteiger partial charge on any atom is -0.478 e. The van der Waals surface area contributed by atoms with Gasteiger partial charge in [0.1, 0.15) is 17.3 Å². The fourth-order valence-corrected chi connectivity index (χ4v) is 4.04. The highest BCUT2D eigenvalue weighted by Gasteiger charge is 2.36. The average molecular weight is 458 g/mol. The summed E-state index contributed by atoms with van der Waals surface area (Å²) in [4.78, 5) is 37.2. The second kappa shape index (κ2) is 8.41. The van der Waals surface area contributed by atoms with Crippen LogP contribution in [0.3, 0.4) is 0 Å². The predicted octanol–water partition coefficient (Wildman–Crippen LogP) is 5.67. The van der Waals surface area contributed by atoms with Crippen LogP contribution in [0.2, 0.25) is 5.02 Å². The minimum atomic E-state index is -1.06. The van der Waals surface area contributed by atoms with Crippen molar-refractivity contribution >= 4 is 46.6 Å². The first-order valence-corrected chi connectivity index (χ1v) is 10.1. The number of rotatable bonds is 5. The van der Waals surface area contributed by atoms with E-state index in [1.165, 1.54) is 36.4 Å². The van der Waals surface area contributed by atoms with Crippen molar-refractivity contribution in [3.05, 3.63) is 87.2 Å². The molecule has 1 fully saturated rings. The molecule has 0 bridgehead atoms. The lowest BCUT2D eigenvalue weighted by molar-refractivity contribution is -0.123. The molecule has 6 nitrogen and oxygen atoms in total. The molecule has 0 unspecified atom stereocenters. The Morgan fingerprint density at radius 1 is 1.16 bits per heavy atom. The number of nitrogens with zero attached hydrogens (tertiary/aromatic N) is 1. The molecule has 2 amide bonds. The SMILES string of the molecule is O=C(O)c1cccc(-c2ccc(/C=C3\SC(=O)N(Cc4c(F)cccc4Cl)C3=O)o2)c1. The van der Waals surface area contributed by atoms with Crippen molar-refractivity contribution in [2.75, 3.05) is 0 Å². The summed E-state index contributed by atoms with van der Waals surface area (Å²) in [6, 6.07) is 13.6. The predicted molar refractivity (Wildman–Crippen MR) is 114 cm³/mol. The molecular formula is C22H13ClFNO5S. The van der Waals surface area contributed by atoms with Crippen LogP contribution >= 0.6 is 23.4 Å². The first kappa shape index (κ1) is 20.9. The van der Waals surface area contributed by atoms with Gasteiger partial charge in [-0.05, 0) is 48.2 Å². The standard InChI is InChI=1S/C22H13ClFNO5S/c23-16-5-2-6-17(24)15(16)11-25-20(26)19(31-22(25)29)10-14-7-8-18(30-14)12-3-1-4-13(9-12)21(27)28/h1-10H,11H2,(H,27,28)/b19-10-. The number of carbonyl (C=O) groups excluding carboxylic acids is 2. The fraction of sp³-hybridized carbons (Fsp3) is 0.0455. The van der Waals surface area contributed by atoms with Crippen molar-refractivity contribution in [3.63, 3.8) is 0 Å². The van der Waals surface area contributed by atoms with E-state index in [4.69, 9.17) is 21.1 Å². The van der Waals surface area contributed by atoms with Crippen molar-refractivity contribution in [1.29, 1.82) is 0 Å². The van der Waals surface area contributed by atoms with Gasteiger partial charge in [0.25, 0.3) is 11.1 Å². The first-order valence-electron chi connectivity index (χ1n) is 8.95. The Morgan fingerprint density at radius 2 is 1.94 bits per heavy atom. The molecule has 3 aromatic rings. The Kier molecular flexibility index (Phi) is 5.67. The van der Waals surface area contributed by atoms with Gasteiger partial charge in [0.05, 0.1) is 17.0 Å². The third-order valence-electron chi connectivity index (χ3n) is 4.55. The molecule has 0 radical (unpaired) electrons. The Bertz CT molecular complexity index is 1230. The second-order valence-electron chi connectivity index (χ2n) is 6.56. The molecule has 1 aliphatic rings. The normalized spacial score (nSPS) is 15.2. The number of carbonyl (C=O) groups is 3. The van der Waals surface area contributed by atoms with E-state index in [-0.39, 0.29) is 27.6 Å². The summed E-state index contributed by atoms with van der Waals surface area (Å²) < 4.78 is 19.7. The second-order valence-corrected chi connectivity index (χ2v) is 7.96. The number of carboxylic acid groups (broad SMARTS) is 1. The van der Waals surface area contributed by atoms with Gasteiger partial charge in [-0.25, -0.2) is 9.18 Å². The molecule has 156 valence electrons. The Morgan fingerprint density at radius 3 is 2.68 bits per heavy atom. The van der Waals surface area contributed by atoms with Gasteiger partial charge >= 0.3 is 5.97 Å². The maximum absolute atomic E-state index is 14.0. The largest absolute Gasteiger partial charge is 0.478 e. The van der Waals surface area contributed by atoms with Crippen molar-refractivity contribution in [1.82, 2.24) is 4.90 Å². The number of hydrogen-bond donors (Lipinski definition) is 1. The number of imide groups is 1. The molecule has 31 heavy (non-hydrogen) atoms. The lowest BCUT2D eigenvalue weighted by Gasteiger charge is -2.14. The zero-order valence-electron chi connectivity index (χ0n) is 15.7. The summed E-state index contributed by atoms with van der Waals surface area (Å²) in [6.07, 6.45) is 1.42. The highest BCUT2D eigenvalue weighted by Crippen LogP contribution is 2.35. The lowest BCUT2D eigenvalue weighted by Crippen LogP contribution is -2.28. The summed E-state index contributed by atoms with van der Waals surface area (Å²) in [5, 5.41) is 8.70. The first-order chi connectivity index (χ1) is 14.8. The topological polar surface area (TPSA) is 87.8 Å². The van der Waals surface area contributed by atoms with E-state index in [1.54, 1.807) is 24.3 Å². The van der Waals surface area contributed by atoms with Crippen LogP contribution in [0.5, 0.6) is 0 Å². The van der Waals surface area contributed by atoms with Gasteiger partial charge in [-0.2, -0.15) is 0 Å². The van der Waals surface area contributed by atoms with Gasteiger partial charge in [0.2, 0.25) is 0 Å². The number of carboxylic acids is 1. The summed E-state index contributed by atoms with van der Waals surface area (Å²) in [7, 11) is 0. The van der Waals surface area contributed by atoms with E-state index in [9.17, 15) is 18.8 Å². The van der Waals surface area contributed by atoms with Gasteiger partial charge in [0.15, 0.2) is 0 Å². The molecule has 4 rings (SSSR count). The van der Waals surface area contributed by atoms with Crippen molar-refractivity contribution in [3.8, 4) is 11.3 Å². The van der Waals surface area contributed by atoms with E-state index in [1.807, 2.05) is 0 Å². The van der Waals surface area contributed by atoms with Crippen molar-refractivity contribution in [2.24, 2.45) is 0 Å². The van der Waals surface area contributed by atoms with Gasteiger partial charge in [-0.1, -0.05) is 29.8 Å². The summed E-state index contributed by atoms with van der Waals surface area (Å²) in [5.41, 5.74) is 0.733. The molecule has 9 heteroatoms. The van der Waals surface area contributed by atoms with Crippen LogP contribution in [0.4, 0.5) is 9.18 Å². The number of hydrogen-bond acceptors (Lipinski definition) is 5. The highest BCUT2D eigenvalue weighted by molar-refractivity contribution is 8.18. The van der Waals surface area contributed by atoms with Crippen LogP contribution in [-0.4, -0.2) is 27.1 Å². The molecule has 0 atom stereocenters. The Balaban J connectivity index is 1.56. The maximum Gasteiger partial charge on any atom is 0.335 e. The summed E-state index contributed by atoms with van der Waals surface area (Å²) in [5.74, 6) is -1.52. The summed E-state index contributed by atoms with van der Waals surface area (Å²) >= 11 is 6.71. The number of amides is 2. The van der Waals surface area contributed by atoms with Gasteiger partial charge in [-0.3, -0.25) is 14.5 Å². The van der Waals surface area contributed by atoms with Crippen LogP contribution in [0.1, 0.15) is 21.7 Å². The number of aromatic carboxylic acids is 1. The van der Waals surface area contributed by atoms with Crippen LogP contribution in [0.25, 0.3) is 17.4 Å². The smallest absolute Gasteiger partial charge is 0.335 e. The molecule has 1 aromatic heterocycles. The van der Waals surface area contributed by atoms with E-state index in [0.717, 1.165) is 4.90 Å². The lowest BCUT2D eigenvalue weighted by atomic mass is 10.1. The molecule has 1 N–H and O–H groups in total. The molecule has 0 saturated carbocycles. The number of halogens is 2. The van der Waals surface area contributed by atoms with Crippen LogP contribution in [0, 0.1) is 5.82 Å². The third kappa shape index (κ3) is 4.26. The molecule has 0 spiro atoms. The molecule has 2 heterocycles. The van der Waals surface area contributed by atoms with Gasteiger partial charge in [-0.15, -0.1) is 0 Å². The highest BCUT2D eigenvalue weighted by atomic mass is 35.5. The number of thioether (sulfide) groups is 1. The minimum absolute atomic E-state index is 0.0614. The number of benzene rings is 2. The summed E-state index contributed by atoms with van der Waals surface area (Å²) in [6.45, 7) is -0.279. The monoisotopic (exact) mass is 457 g/mol. The molecule has 0 aliphatic carbocycles. The Hall–Kier alpha value is -3.36. The van der Waals surface area contributed by atoms with E-state index < -0.39 is 22.9 Å². The maximum atomic E-state index is 14.0. The van der Waals surface area contributed by atoms with Crippen molar-refractivity contribution in [2.45, 2.75) is 6.54 Å². The average Bonchev–Trinajstić information content (AvgIpc) is 3.31. The fourth-order valence-electron chi connectivity index (χ4n) is 3.00. The molecule has 1 aliphatic heterocycles. The van der Waals surface area contributed by atoms with Crippen LogP contribution < -0.4 is 0 Å². The van der Waals surface area contributed by atoms with E-state index in [0.29, 0.717) is 28.8 Å². The molecule has 2 aromatic carbocycles. The zero-order chi connectivity index (χ0) is 22.1. The zero-order valence-corrected chi connectivity index (χ0v) is 17.2. The quantitative estimate of drug-likeness (QED) is 0.496. The van der Waals surface area contributed by atoms with Gasteiger partial charge < -0.3 is 9.52 Å². The third-order valence-corrected chi connectivity index (χ3v) is 5.81. The van der Waals surface area contributed by atoms with E-state index in [2.05, 4.69) is 0 Å². The molecule has 1 saturated heterocycles. The van der Waals surface area contributed by atoms with Gasteiger partial charge in [0, 0.05) is 22.2 Å². The Labute approximate surface area is 184 Å².